The second kappa shape index (κ2) is 7.62. The highest BCUT2D eigenvalue weighted by molar-refractivity contribution is 6.31. The number of aromatic nitrogens is 2. The number of amides is 1. The zero-order valence-electron chi connectivity index (χ0n) is 14.9. The number of aryl methyl sites for hydroxylation is 1. The third-order valence-corrected chi connectivity index (χ3v) is 4.44. The second-order valence-electron chi connectivity index (χ2n) is 5.99. The number of ether oxygens (including phenoxy) is 1. The van der Waals surface area contributed by atoms with E-state index in [0.717, 1.165) is 17.0 Å². The van der Waals surface area contributed by atoms with Crippen molar-refractivity contribution >= 4 is 23.2 Å². The monoisotopic (exact) mass is 369 g/mol. The molecule has 1 amide bonds. The number of hydrogen-bond acceptors (Lipinski definition) is 3. The van der Waals surface area contributed by atoms with Crippen LogP contribution in [0.5, 0.6) is 5.75 Å². The smallest absolute Gasteiger partial charge is 0.259 e. The highest BCUT2D eigenvalue weighted by atomic mass is 35.5. The Balaban J connectivity index is 1.86. The summed E-state index contributed by atoms with van der Waals surface area (Å²) in [6, 6.07) is 15.0. The first-order valence-electron chi connectivity index (χ1n) is 8.22. The molecule has 26 heavy (non-hydrogen) atoms. The minimum Gasteiger partial charge on any atom is -0.496 e. The average molecular weight is 370 g/mol. The lowest BCUT2D eigenvalue weighted by Gasteiger charge is -2.10. The van der Waals surface area contributed by atoms with Crippen molar-refractivity contribution in [2.24, 2.45) is 0 Å². The Kier molecular flexibility index (Phi) is 5.28. The lowest BCUT2D eigenvalue weighted by atomic mass is 10.1. The van der Waals surface area contributed by atoms with Gasteiger partial charge in [-0.25, -0.2) is 0 Å². The Bertz CT molecular complexity index is 936. The standard InChI is InChI=1S/C20H20ClN3O2/c1-13-19(14(2)24(23-13)12-15-7-5-4-6-8-15)22-20(25)17-11-16(21)9-10-18(17)26-3/h4-11H,12H2,1-3H3,(H,22,25). The Morgan fingerprint density at radius 2 is 1.92 bits per heavy atom. The molecule has 3 rings (SSSR count). The fourth-order valence-electron chi connectivity index (χ4n) is 2.83. The molecule has 0 bridgehead atoms. The van der Waals surface area contributed by atoms with Gasteiger partial charge in [0, 0.05) is 5.02 Å². The number of benzene rings is 2. The molecule has 0 aliphatic rings. The molecule has 3 aromatic rings. The normalized spacial score (nSPS) is 10.6. The SMILES string of the molecule is COc1ccc(Cl)cc1C(=O)Nc1c(C)nn(Cc2ccccc2)c1C. The third kappa shape index (κ3) is 3.73. The molecule has 0 aliphatic carbocycles. The van der Waals surface area contributed by atoms with E-state index in [1.807, 2.05) is 48.9 Å². The van der Waals surface area contributed by atoms with Crippen LogP contribution in [0.25, 0.3) is 0 Å². The lowest BCUT2D eigenvalue weighted by molar-refractivity contribution is 0.102. The number of rotatable bonds is 5. The summed E-state index contributed by atoms with van der Waals surface area (Å²) in [6.45, 7) is 4.46. The average Bonchev–Trinajstić information content (AvgIpc) is 2.90. The summed E-state index contributed by atoms with van der Waals surface area (Å²) in [5, 5.41) is 7.98. The first kappa shape index (κ1) is 18.0. The van der Waals surface area contributed by atoms with E-state index in [-0.39, 0.29) is 5.91 Å². The number of anilines is 1. The van der Waals surface area contributed by atoms with Crippen molar-refractivity contribution in [1.82, 2.24) is 9.78 Å². The molecule has 6 heteroatoms. The number of hydrogen-bond donors (Lipinski definition) is 1. The van der Waals surface area contributed by atoms with Crippen molar-refractivity contribution in [3.05, 3.63) is 76.1 Å². The van der Waals surface area contributed by atoms with E-state index in [1.165, 1.54) is 7.11 Å². The Hall–Kier alpha value is -2.79. The minimum atomic E-state index is -0.283. The van der Waals surface area contributed by atoms with E-state index in [0.29, 0.717) is 28.6 Å². The van der Waals surface area contributed by atoms with Gasteiger partial charge < -0.3 is 10.1 Å². The number of carbonyl (C=O) groups is 1. The van der Waals surface area contributed by atoms with Crippen LogP contribution < -0.4 is 10.1 Å². The number of nitrogens with one attached hydrogen (secondary N) is 1. The fourth-order valence-corrected chi connectivity index (χ4v) is 3.00. The fraction of sp³-hybridized carbons (Fsp3) is 0.200. The molecule has 2 aromatic carbocycles. The van der Waals surface area contributed by atoms with Crippen LogP contribution in [-0.2, 0) is 6.54 Å². The van der Waals surface area contributed by atoms with Gasteiger partial charge >= 0.3 is 0 Å². The van der Waals surface area contributed by atoms with Crippen LogP contribution in [0.4, 0.5) is 5.69 Å². The van der Waals surface area contributed by atoms with E-state index in [9.17, 15) is 4.79 Å². The zero-order chi connectivity index (χ0) is 18.7. The topological polar surface area (TPSA) is 56.1 Å². The van der Waals surface area contributed by atoms with Crippen molar-refractivity contribution in [2.75, 3.05) is 12.4 Å². The molecule has 0 radical (unpaired) electrons. The van der Waals surface area contributed by atoms with Crippen molar-refractivity contribution in [2.45, 2.75) is 20.4 Å². The van der Waals surface area contributed by atoms with Gasteiger partial charge in [-0.2, -0.15) is 5.10 Å². The number of nitrogens with zero attached hydrogens (tertiary/aromatic N) is 2. The van der Waals surface area contributed by atoms with Gasteiger partial charge in [0.2, 0.25) is 0 Å². The van der Waals surface area contributed by atoms with E-state index >= 15 is 0 Å². The van der Waals surface area contributed by atoms with Crippen molar-refractivity contribution < 1.29 is 9.53 Å². The molecule has 0 atom stereocenters. The molecule has 1 aromatic heterocycles. The summed E-state index contributed by atoms with van der Waals surface area (Å²) in [5.74, 6) is 0.189. The van der Waals surface area contributed by atoms with Crippen LogP contribution in [0.1, 0.15) is 27.3 Å². The van der Waals surface area contributed by atoms with Crippen LogP contribution in [0.15, 0.2) is 48.5 Å². The van der Waals surface area contributed by atoms with E-state index < -0.39 is 0 Å². The van der Waals surface area contributed by atoms with E-state index in [2.05, 4.69) is 10.4 Å². The van der Waals surface area contributed by atoms with Gasteiger partial charge in [-0.05, 0) is 37.6 Å². The summed E-state index contributed by atoms with van der Waals surface area (Å²) >= 11 is 6.03. The van der Waals surface area contributed by atoms with Crippen LogP contribution >= 0.6 is 11.6 Å². The molecule has 1 N–H and O–H groups in total. The van der Waals surface area contributed by atoms with Gasteiger partial charge in [0.25, 0.3) is 5.91 Å². The van der Waals surface area contributed by atoms with Gasteiger partial charge in [0.15, 0.2) is 0 Å². The molecule has 0 fully saturated rings. The van der Waals surface area contributed by atoms with Crippen molar-refractivity contribution in [3.63, 3.8) is 0 Å². The van der Waals surface area contributed by atoms with E-state index in [4.69, 9.17) is 16.3 Å². The zero-order valence-corrected chi connectivity index (χ0v) is 15.7. The van der Waals surface area contributed by atoms with Gasteiger partial charge in [-0.3, -0.25) is 9.48 Å². The maximum atomic E-state index is 12.7. The summed E-state index contributed by atoms with van der Waals surface area (Å²) in [5.41, 5.74) is 3.88. The number of halogens is 1. The maximum absolute atomic E-state index is 12.7. The van der Waals surface area contributed by atoms with Crippen LogP contribution in [0.2, 0.25) is 5.02 Å². The number of carbonyl (C=O) groups excluding carboxylic acids is 1. The Morgan fingerprint density at radius 1 is 1.19 bits per heavy atom. The molecule has 0 unspecified atom stereocenters. The molecule has 0 spiro atoms. The summed E-state index contributed by atoms with van der Waals surface area (Å²) < 4.78 is 7.15. The molecule has 0 aliphatic heterocycles. The maximum Gasteiger partial charge on any atom is 0.259 e. The van der Waals surface area contributed by atoms with Crippen LogP contribution in [0.3, 0.4) is 0 Å². The largest absolute Gasteiger partial charge is 0.496 e. The highest BCUT2D eigenvalue weighted by Gasteiger charge is 2.18. The predicted molar refractivity (Wildman–Crippen MR) is 103 cm³/mol. The summed E-state index contributed by atoms with van der Waals surface area (Å²) in [4.78, 5) is 12.7. The molecule has 1 heterocycles. The Morgan fingerprint density at radius 3 is 2.62 bits per heavy atom. The van der Waals surface area contributed by atoms with E-state index in [1.54, 1.807) is 18.2 Å². The van der Waals surface area contributed by atoms with Gasteiger partial charge in [-0.15, -0.1) is 0 Å². The molecular formula is C20H20ClN3O2. The van der Waals surface area contributed by atoms with Crippen LogP contribution in [-0.4, -0.2) is 22.8 Å². The van der Waals surface area contributed by atoms with Gasteiger partial charge in [-0.1, -0.05) is 41.9 Å². The minimum absolute atomic E-state index is 0.283. The van der Waals surface area contributed by atoms with Gasteiger partial charge in [0.05, 0.1) is 36.3 Å². The van der Waals surface area contributed by atoms with Gasteiger partial charge in [0.1, 0.15) is 5.75 Å². The lowest BCUT2D eigenvalue weighted by Crippen LogP contribution is -2.14. The molecule has 0 saturated carbocycles. The highest BCUT2D eigenvalue weighted by Crippen LogP contribution is 2.26. The summed E-state index contributed by atoms with van der Waals surface area (Å²) in [6.07, 6.45) is 0. The van der Waals surface area contributed by atoms with Crippen molar-refractivity contribution in [1.29, 1.82) is 0 Å². The summed E-state index contributed by atoms with van der Waals surface area (Å²) in [7, 11) is 1.52. The molecular weight excluding hydrogens is 350 g/mol. The second-order valence-corrected chi connectivity index (χ2v) is 6.42. The first-order chi connectivity index (χ1) is 12.5. The predicted octanol–water partition coefficient (Wildman–Crippen LogP) is 4.46. The van der Waals surface area contributed by atoms with Crippen LogP contribution in [0, 0.1) is 13.8 Å². The third-order valence-electron chi connectivity index (χ3n) is 4.20. The molecule has 134 valence electrons. The number of methoxy groups -OCH3 is 1. The van der Waals surface area contributed by atoms with Crippen molar-refractivity contribution in [3.8, 4) is 5.75 Å². The molecule has 0 saturated heterocycles. The molecule has 5 nitrogen and oxygen atoms in total. The quantitative estimate of drug-likeness (QED) is 0.722. The first-order valence-corrected chi connectivity index (χ1v) is 8.60. The Labute approximate surface area is 157 Å².